The molecule has 0 amide bonds. The minimum Gasteiger partial charge on any atom is -0.303 e. The highest BCUT2D eigenvalue weighted by atomic mass is 32.1. The molecule has 0 radical (unpaired) electrons. The number of hydrogen-bond acceptors (Lipinski definition) is 2. The van der Waals surface area contributed by atoms with Crippen molar-refractivity contribution in [1.82, 2.24) is 4.90 Å². The van der Waals surface area contributed by atoms with Crippen LogP contribution in [-0.2, 0) is 6.42 Å². The van der Waals surface area contributed by atoms with Crippen molar-refractivity contribution in [2.75, 3.05) is 14.1 Å². The average Bonchev–Trinajstić information content (AvgIpc) is 2.74. The lowest BCUT2D eigenvalue weighted by Gasteiger charge is -2.44. The quantitative estimate of drug-likeness (QED) is 0.773. The monoisotopic (exact) mass is 237 g/mol. The zero-order valence-electron chi connectivity index (χ0n) is 10.7. The molecule has 2 rings (SSSR count). The van der Waals surface area contributed by atoms with Crippen LogP contribution in [0, 0.1) is 5.92 Å². The molecule has 0 aromatic carbocycles. The molecule has 0 atom stereocenters. The van der Waals surface area contributed by atoms with Gasteiger partial charge in [0.25, 0.3) is 0 Å². The summed E-state index contributed by atoms with van der Waals surface area (Å²) in [4.78, 5) is 2.47. The molecule has 0 bridgehead atoms. The van der Waals surface area contributed by atoms with Gasteiger partial charge in [-0.1, -0.05) is 6.92 Å². The maximum atomic E-state index is 2.47. The first-order valence-electron chi connectivity index (χ1n) is 6.31. The van der Waals surface area contributed by atoms with Crippen LogP contribution in [0.15, 0.2) is 16.8 Å². The fourth-order valence-electron chi connectivity index (χ4n) is 2.85. The van der Waals surface area contributed by atoms with E-state index in [-0.39, 0.29) is 0 Å². The van der Waals surface area contributed by atoms with E-state index >= 15 is 0 Å². The molecular weight excluding hydrogens is 214 g/mol. The summed E-state index contributed by atoms with van der Waals surface area (Å²) in [6.45, 7) is 2.39. The van der Waals surface area contributed by atoms with Gasteiger partial charge in [-0.3, -0.25) is 0 Å². The van der Waals surface area contributed by atoms with Gasteiger partial charge < -0.3 is 4.90 Å². The summed E-state index contributed by atoms with van der Waals surface area (Å²) >= 11 is 1.82. The van der Waals surface area contributed by atoms with Gasteiger partial charge in [-0.15, -0.1) is 0 Å². The molecule has 1 heterocycles. The average molecular weight is 237 g/mol. The Hall–Kier alpha value is -0.340. The first kappa shape index (κ1) is 12.1. The Morgan fingerprint density at radius 3 is 2.56 bits per heavy atom. The molecule has 1 aromatic heterocycles. The van der Waals surface area contributed by atoms with Gasteiger partial charge in [-0.05, 0) is 74.5 Å². The minimum atomic E-state index is 0.424. The smallest absolute Gasteiger partial charge is 0.0244 e. The van der Waals surface area contributed by atoms with Crippen LogP contribution >= 0.6 is 11.3 Å². The van der Waals surface area contributed by atoms with Crippen LogP contribution in [0.25, 0.3) is 0 Å². The lowest BCUT2D eigenvalue weighted by atomic mass is 9.73. The molecule has 0 unspecified atom stereocenters. The van der Waals surface area contributed by atoms with Crippen molar-refractivity contribution in [1.29, 1.82) is 0 Å². The Morgan fingerprint density at radius 2 is 2.06 bits per heavy atom. The van der Waals surface area contributed by atoms with E-state index < -0.39 is 0 Å². The van der Waals surface area contributed by atoms with Gasteiger partial charge in [0.15, 0.2) is 0 Å². The van der Waals surface area contributed by atoms with Crippen molar-refractivity contribution < 1.29 is 0 Å². The molecule has 1 fully saturated rings. The summed E-state index contributed by atoms with van der Waals surface area (Å²) in [7, 11) is 4.50. The summed E-state index contributed by atoms with van der Waals surface area (Å²) in [5.74, 6) is 0.926. The third kappa shape index (κ3) is 2.49. The Kier molecular flexibility index (Phi) is 3.70. The second-order valence-corrected chi connectivity index (χ2v) is 6.39. The summed E-state index contributed by atoms with van der Waals surface area (Å²) in [6, 6.07) is 2.29. The van der Waals surface area contributed by atoms with Crippen LogP contribution in [0.1, 0.15) is 38.2 Å². The Morgan fingerprint density at radius 1 is 1.38 bits per heavy atom. The van der Waals surface area contributed by atoms with E-state index in [1.54, 1.807) is 0 Å². The SMILES string of the molecule is CC1CCC(Cc2ccsc2)(N(C)C)CC1. The largest absolute Gasteiger partial charge is 0.303 e. The molecule has 2 heteroatoms. The molecule has 1 aliphatic carbocycles. The van der Waals surface area contributed by atoms with Crippen LogP contribution in [-0.4, -0.2) is 24.5 Å². The van der Waals surface area contributed by atoms with Crippen LogP contribution in [0.2, 0.25) is 0 Å². The standard InChI is InChI=1S/C14H23NS/c1-12-4-7-14(8-5-12,15(2)3)10-13-6-9-16-11-13/h6,9,11-12H,4-5,7-8,10H2,1-3H3. The second-order valence-electron chi connectivity index (χ2n) is 5.61. The van der Waals surface area contributed by atoms with Crippen LogP contribution in [0.5, 0.6) is 0 Å². The van der Waals surface area contributed by atoms with Crippen LogP contribution in [0.3, 0.4) is 0 Å². The normalized spacial score (nSPS) is 30.9. The van der Waals surface area contributed by atoms with E-state index in [1.807, 2.05) is 11.3 Å². The molecule has 90 valence electrons. The minimum absolute atomic E-state index is 0.424. The summed E-state index contributed by atoms with van der Waals surface area (Å²) in [5, 5.41) is 4.51. The van der Waals surface area contributed by atoms with Crippen molar-refractivity contribution in [2.45, 2.75) is 44.6 Å². The lowest BCUT2D eigenvalue weighted by Crippen LogP contribution is -2.48. The predicted molar refractivity (Wildman–Crippen MR) is 72.1 cm³/mol. The molecule has 1 nitrogen and oxygen atoms in total. The zero-order chi connectivity index (χ0) is 11.6. The van der Waals surface area contributed by atoms with E-state index in [1.165, 1.54) is 37.7 Å². The molecule has 0 aliphatic heterocycles. The van der Waals surface area contributed by atoms with Crippen molar-refractivity contribution in [3.05, 3.63) is 22.4 Å². The first-order chi connectivity index (χ1) is 7.62. The fourth-order valence-corrected chi connectivity index (χ4v) is 3.52. The van der Waals surface area contributed by atoms with Gasteiger partial charge in [-0.2, -0.15) is 11.3 Å². The highest BCUT2D eigenvalue weighted by Crippen LogP contribution is 2.37. The van der Waals surface area contributed by atoms with E-state index in [0.717, 1.165) is 5.92 Å². The van der Waals surface area contributed by atoms with Gasteiger partial charge in [0.2, 0.25) is 0 Å². The zero-order valence-corrected chi connectivity index (χ0v) is 11.5. The number of rotatable bonds is 3. The van der Waals surface area contributed by atoms with Gasteiger partial charge in [0, 0.05) is 5.54 Å². The van der Waals surface area contributed by atoms with E-state index in [0.29, 0.717) is 5.54 Å². The van der Waals surface area contributed by atoms with Gasteiger partial charge >= 0.3 is 0 Å². The van der Waals surface area contributed by atoms with E-state index in [4.69, 9.17) is 0 Å². The van der Waals surface area contributed by atoms with Crippen molar-refractivity contribution in [3.8, 4) is 0 Å². The first-order valence-corrected chi connectivity index (χ1v) is 7.25. The molecule has 1 saturated carbocycles. The Bertz CT molecular complexity index is 307. The number of likely N-dealkylation sites (N-methyl/N-ethyl adjacent to an activating group) is 1. The molecule has 1 aromatic rings. The Labute approximate surface area is 103 Å². The molecule has 16 heavy (non-hydrogen) atoms. The van der Waals surface area contributed by atoms with Crippen molar-refractivity contribution >= 4 is 11.3 Å². The maximum Gasteiger partial charge on any atom is 0.0244 e. The van der Waals surface area contributed by atoms with E-state index in [9.17, 15) is 0 Å². The topological polar surface area (TPSA) is 3.24 Å². The summed E-state index contributed by atoms with van der Waals surface area (Å²) < 4.78 is 0. The summed E-state index contributed by atoms with van der Waals surface area (Å²) in [5.41, 5.74) is 1.95. The lowest BCUT2D eigenvalue weighted by molar-refractivity contribution is 0.0831. The van der Waals surface area contributed by atoms with Crippen LogP contribution < -0.4 is 0 Å². The maximum absolute atomic E-state index is 2.47. The van der Waals surface area contributed by atoms with E-state index in [2.05, 4.69) is 42.7 Å². The second kappa shape index (κ2) is 4.89. The molecule has 0 N–H and O–H groups in total. The fraction of sp³-hybridized carbons (Fsp3) is 0.714. The van der Waals surface area contributed by atoms with Gasteiger partial charge in [-0.25, -0.2) is 0 Å². The van der Waals surface area contributed by atoms with Gasteiger partial charge in [0.05, 0.1) is 0 Å². The third-order valence-corrected chi connectivity index (χ3v) is 5.00. The summed E-state index contributed by atoms with van der Waals surface area (Å²) in [6.07, 6.45) is 6.73. The van der Waals surface area contributed by atoms with Crippen molar-refractivity contribution in [2.24, 2.45) is 5.92 Å². The van der Waals surface area contributed by atoms with Gasteiger partial charge in [0.1, 0.15) is 0 Å². The predicted octanol–water partition coefficient (Wildman–Crippen LogP) is 3.80. The highest BCUT2D eigenvalue weighted by Gasteiger charge is 2.36. The number of hydrogen-bond donors (Lipinski definition) is 0. The van der Waals surface area contributed by atoms with Crippen LogP contribution in [0.4, 0.5) is 0 Å². The van der Waals surface area contributed by atoms with Crippen molar-refractivity contribution in [3.63, 3.8) is 0 Å². The molecular formula is C14H23NS. The highest BCUT2D eigenvalue weighted by molar-refractivity contribution is 7.07. The molecule has 0 spiro atoms. The third-order valence-electron chi connectivity index (χ3n) is 4.27. The Balaban J connectivity index is 2.10. The molecule has 0 saturated heterocycles. The number of nitrogens with zero attached hydrogens (tertiary/aromatic N) is 1. The number of thiophene rings is 1. The molecule has 1 aliphatic rings.